The van der Waals surface area contributed by atoms with Crippen molar-refractivity contribution in [1.82, 2.24) is 10.2 Å². The lowest BCUT2D eigenvalue weighted by Gasteiger charge is -2.35. The normalized spacial score (nSPS) is 12.3. The van der Waals surface area contributed by atoms with Gasteiger partial charge in [0.1, 0.15) is 12.6 Å². The number of nitrogens with one attached hydrogen (secondary N) is 1. The van der Waals surface area contributed by atoms with Gasteiger partial charge in [-0.05, 0) is 88.4 Å². The van der Waals surface area contributed by atoms with Crippen molar-refractivity contribution < 1.29 is 27.5 Å². The number of amides is 2. The first-order chi connectivity index (χ1) is 20.7. The highest BCUT2D eigenvalue weighted by atomic mass is 32.2. The molecule has 0 saturated heterocycles. The van der Waals surface area contributed by atoms with Crippen LogP contribution in [-0.4, -0.2) is 64.0 Å². The summed E-state index contributed by atoms with van der Waals surface area (Å²) >= 11 is 0. The van der Waals surface area contributed by atoms with Gasteiger partial charge in [0.25, 0.3) is 10.0 Å². The highest BCUT2D eigenvalue weighted by molar-refractivity contribution is 7.92. The van der Waals surface area contributed by atoms with Crippen LogP contribution in [0.1, 0.15) is 50.8 Å². The monoisotopic (exact) mass is 623 g/mol. The smallest absolute Gasteiger partial charge is 0.264 e. The number of ether oxygens (including phenoxy) is 2. The highest BCUT2D eigenvalue weighted by Gasteiger charge is 2.35. The van der Waals surface area contributed by atoms with Gasteiger partial charge >= 0.3 is 0 Å². The van der Waals surface area contributed by atoms with Crippen molar-refractivity contribution in [2.45, 2.75) is 70.9 Å². The molecule has 3 rings (SSSR count). The zero-order valence-corrected chi connectivity index (χ0v) is 27.8. The maximum Gasteiger partial charge on any atom is 0.264 e. The van der Waals surface area contributed by atoms with Crippen LogP contribution in [0.15, 0.2) is 71.6 Å². The second kappa shape index (κ2) is 14.6. The second-order valence-corrected chi connectivity index (χ2v) is 13.7. The second-order valence-electron chi connectivity index (χ2n) is 11.9. The molecule has 3 aromatic rings. The summed E-state index contributed by atoms with van der Waals surface area (Å²) in [5.41, 5.74) is 2.52. The minimum absolute atomic E-state index is 0.0598. The number of nitrogens with zero attached hydrogens (tertiary/aromatic N) is 2. The fourth-order valence-electron chi connectivity index (χ4n) is 5.08. The summed E-state index contributed by atoms with van der Waals surface area (Å²) in [7, 11) is -1.38. The number of hydrogen-bond acceptors (Lipinski definition) is 6. The van der Waals surface area contributed by atoms with Crippen LogP contribution in [0.3, 0.4) is 0 Å². The Bertz CT molecular complexity index is 1530. The van der Waals surface area contributed by atoms with Gasteiger partial charge in [-0.2, -0.15) is 0 Å². The minimum Gasteiger partial charge on any atom is -0.493 e. The molecule has 9 nitrogen and oxygen atoms in total. The van der Waals surface area contributed by atoms with Gasteiger partial charge in [-0.3, -0.25) is 13.9 Å². The third-order valence-corrected chi connectivity index (χ3v) is 8.85. The number of sulfonamides is 1. The van der Waals surface area contributed by atoms with Gasteiger partial charge in [0.05, 0.1) is 24.8 Å². The molecule has 1 atom stereocenters. The van der Waals surface area contributed by atoms with E-state index in [0.717, 1.165) is 21.0 Å². The van der Waals surface area contributed by atoms with E-state index in [1.807, 2.05) is 77.9 Å². The van der Waals surface area contributed by atoms with Crippen molar-refractivity contribution in [1.29, 1.82) is 0 Å². The van der Waals surface area contributed by atoms with Crippen molar-refractivity contribution in [2.75, 3.05) is 31.6 Å². The molecule has 0 bridgehead atoms. The average molecular weight is 624 g/mol. The van der Waals surface area contributed by atoms with E-state index >= 15 is 0 Å². The first-order valence-corrected chi connectivity index (χ1v) is 16.1. The van der Waals surface area contributed by atoms with Crippen LogP contribution in [0, 0.1) is 13.8 Å². The molecule has 0 saturated carbocycles. The van der Waals surface area contributed by atoms with Crippen molar-refractivity contribution in [3.05, 3.63) is 83.4 Å². The van der Waals surface area contributed by atoms with Crippen LogP contribution in [0.25, 0.3) is 0 Å². The van der Waals surface area contributed by atoms with Gasteiger partial charge in [0.15, 0.2) is 11.5 Å². The van der Waals surface area contributed by atoms with E-state index in [1.165, 1.54) is 37.3 Å². The molecule has 0 heterocycles. The number of anilines is 1. The number of benzene rings is 3. The Morgan fingerprint density at radius 2 is 1.50 bits per heavy atom. The van der Waals surface area contributed by atoms with E-state index in [4.69, 9.17) is 9.47 Å². The van der Waals surface area contributed by atoms with Crippen LogP contribution in [0.2, 0.25) is 0 Å². The van der Waals surface area contributed by atoms with Crippen LogP contribution in [-0.2, 0) is 26.0 Å². The lowest BCUT2D eigenvalue weighted by atomic mass is 10.1. The Balaban J connectivity index is 2.10. The first kappa shape index (κ1) is 34.4. The number of methoxy groups -OCH3 is 2. The van der Waals surface area contributed by atoms with Gasteiger partial charge in [-0.15, -0.1) is 0 Å². The Morgan fingerprint density at radius 3 is 2.05 bits per heavy atom. The molecule has 44 heavy (non-hydrogen) atoms. The lowest BCUT2D eigenvalue weighted by molar-refractivity contribution is -0.140. The van der Waals surface area contributed by atoms with Gasteiger partial charge in [-0.25, -0.2) is 8.42 Å². The molecule has 0 fully saturated rings. The van der Waals surface area contributed by atoms with Crippen LogP contribution in [0.4, 0.5) is 5.69 Å². The largest absolute Gasteiger partial charge is 0.493 e. The third kappa shape index (κ3) is 8.75. The van der Waals surface area contributed by atoms with Crippen molar-refractivity contribution in [3.8, 4) is 11.5 Å². The predicted octanol–water partition coefficient (Wildman–Crippen LogP) is 5.28. The third-order valence-electron chi connectivity index (χ3n) is 7.08. The molecule has 0 aliphatic heterocycles. The van der Waals surface area contributed by atoms with E-state index < -0.39 is 34.1 Å². The quantitative estimate of drug-likeness (QED) is 0.278. The number of carbonyl (C=O) groups is 2. The summed E-state index contributed by atoms with van der Waals surface area (Å²) in [5, 5.41) is 2.99. The molecule has 238 valence electrons. The van der Waals surface area contributed by atoms with Crippen LogP contribution in [0.5, 0.6) is 11.5 Å². The molecule has 0 unspecified atom stereocenters. The van der Waals surface area contributed by atoms with Crippen molar-refractivity contribution in [2.24, 2.45) is 0 Å². The number of rotatable bonds is 13. The molecule has 2 amide bonds. The molecule has 10 heteroatoms. The molecular weight excluding hydrogens is 578 g/mol. The van der Waals surface area contributed by atoms with E-state index in [2.05, 4.69) is 5.32 Å². The van der Waals surface area contributed by atoms with Crippen molar-refractivity contribution in [3.63, 3.8) is 0 Å². The van der Waals surface area contributed by atoms with Crippen LogP contribution < -0.4 is 19.1 Å². The topological polar surface area (TPSA) is 105 Å². The molecule has 0 aromatic heterocycles. The molecule has 1 N–H and O–H groups in total. The van der Waals surface area contributed by atoms with E-state index in [9.17, 15) is 18.0 Å². The predicted molar refractivity (Wildman–Crippen MR) is 174 cm³/mol. The minimum atomic E-state index is -4.27. The summed E-state index contributed by atoms with van der Waals surface area (Å²) in [6.45, 7) is 11.0. The Labute approximate surface area is 262 Å². The fourth-order valence-corrected chi connectivity index (χ4v) is 6.49. The average Bonchev–Trinajstić information content (AvgIpc) is 2.96. The van der Waals surface area contributed by atoms with Gasteiger partial charge in [0, 0.05) is 18.2 Å². The van der Waals surface area contributed by atoms with Gasteiger partial charge in [0.2, 0.25) is 11.8 Å². The summed E-state index contributed by atoms with van der Waals surface area (Å²) < 4.78 is 40.4. The molecule has 0 radical (unpaired) electrons. The molecular formula is C34H45N3O6S. The lowest BCUT2D eigenvalue weighted by Crippen LogP contribution is -2.56. The summed E-state index contributed by atoms with van der Waals surface area (Å²) in [6, 6.07) is 18.6. The number of aryl methyl sites for hydroxylation is 2. The van der Waals surface area contributed by atoms with Crippen molar-refractivity contribution >= 4 is 27.5 Å². The zero-order valence-electron chi connectivity index (χ0n) is 27.0. The summed E-state index contributed by atoms with van der Waals surface area (Å²) in [6.07, 6.45) is 0.853. The van der Waals surface area contributed by atoms with E-state index in [0.29, 0.717) is 24.3 Å². The van der Waals surface area contributed by atoms with E-state index in [1.54, 1.807) is 12.1 Å². The summed E-state index contributed by atoms with van der Waals surface area (Å²) in [4.78, 5) is 29.2. The Morgan fingerprint density at radius 1 is 0.886 bits per heavy atom. The van der Waals surface area contributed by atoms with Gasteiger partial charge in [-0.1, -0.05) is 43.3 Å². The molecule has 0 spiro atoms. The standard InChI is InChI=1S/C34H45N3O6S/c1-9-29(33(39)35-34(4,5)6)36(18-17-26-13-11-10-12-14-26)32(38)23-37(27-20-24(2)19-25(3)21-27)44(40,41)28-15-16-30(42-7)31(22-28)43-8/h10-16,19-22,29H,9,17-18,23H2,1-8H3,(H,35,39)/t29-/m1/s1. The first-order valence-electron chi connectivity index (χ1n) is 14.7. The molecule has 3 aromatic carbocycles. The van der Waals surface area contributed by atoms with Gasteiger partial charge < -0.3 is 19.7 Å². The Hall–Kier alpha value is -4.05. The number of carbonyl (C=O) groups excluding carboxylic acids is 2. The summed E-state index contributed by atoms with van der Waals surface area (Å²) in [5.74, 6) is -0.153. The zero-order chi connectivity index (χ0) is 32.7. The number of hydrogen-bond donors (Lipinski definition) is 1. The SMILES string of the molecule is CC[C@H](C(=O)NC(C)(C)C)N(CCc1ccccc1)C(=O)CN(c1cc(C)cc(C)c1)S(=O)(=O)c1ccc(OC)c(OC)c1. The Kier molecular flexibility index (Phi) is 11.4. The molecule has 0 aliphatic rings. The highest BCUT2D eigenvalue weighted by Crippen LogP contribution is 2.33. The van der Waals surface area contributed by atoms with E-state index in [-0.39, 0.29) is 23.1 Å². The van der Waals surface area contributed by atoms with Crippen LogP contribution >= 0.6 is 0 Å². The molecule has 0 aliphatic carbocycles. The maximum atomic E-state index is 14.3. The fraction of sp³-hybridized carbons (Fsp3) is 0.412. The maximum absolute atomic E-state index is 14.3.